The fourth-order valence-electron chi connectivity index (χ4n) is 1.14. The van der Waals surface area contributed by atoms with E-state index in [0.29, 0.717) is 0 Å². The lowest BCUT2D eigenvalue weighted by Gasteiger charge is -2.11. The summed E-state index contributed by atoms with van der Waals surface area (Å²) in [4.78, 5) is 22.6. The van der Waals surface area contributed by atoms with Crippen molar-refractivity contribution >= 4 is 23.2 Å². The molecule has 0 aliphatic rings. The highest BCUT2D eigenvalue weighted by Gasteiger charge is 2.11. The highest BCUT2D eigenvalue weighted by Crippen LogP contribution is 2.17. The average Bonchev–Trinajstić information content (AvgIpc) is 2.67. The number of hydrogen-bond acceptors (Lipinski definition) is 3. The van der Waals surface area contributed by atoms with Gasteiger partial charge in [-0.15, -0.1) is 11.3 Å². The standard InChI is InChI=1S/C10H13NO3S/c1-7(8-3-2-6-15-8)11-9(12)4-5-10(13)14/h2-3,6-7H,4-5H2,1H3,(H,11,12)(H,13,14)/t7-/m0/s1. The van der Waals surface area contributed by atoms with E-state index >= 15 is 0 Å². The molecule has 1 aromatic rings. The van der Waals surface area contributed by atoms with Gasteiger partial charge in [0.2, 0.25) is 5.91 Å². The maximum Gasteiger partial charge on any atom is 0.303 e. The molecule has 1 heterocycles. The molecule has 1 amide bonds. The molecular weight excluding hydrogens is 214 g/mol. The molecule has 82 valence electrons. The Morgan fingerprint density at radius 2 is 2.27 bits per heavy atom. The van der Waals surface area contributed by atoms with Crippen LogP contribution in [0.4, 0.5) is 0 Å². The zero-order valence-corrected chi connectivity index (χ0v) is 9.21. The Morgan fingerprint density at radius 3 is 2.80 bits per heavy atom. The molecule has 0 unspecified atom stereocenters. The number of thiophene rings is 1. The number of amides is 1. The lowest BCUT2D eigenvalue weighted by atomic mass is 10.2. The van der Waals surface area contributed by atoms with Crippen LogP contribution in [0.2, 0.25) is 0 Å². The van der Waals surface area contributed by atoms with Gasteiger partial charge in [-0.2, -0.15) is 0 Å². The molecular formula is C10H13NO3S. The van der Waals surface area contributed by atoms with Crippen LogP contribution in [0.3, 0.4) is 0 Å². The lowest BCUT2D eigenvalue weighted by molar-refractivity contribution is -0.138. The molecule has 0 aliphatic heterocycles. The smallest absolute Gasteiger partial charge is 0.303 e. The Morgan fingerprint density at radius 1 is 1.53 bits per heavy atom. The monoisotopic (exact) mass is 227 g/mol. The third kappa shape index (κ3) is 4.12. The highest BCUT2D eigenvalue weighted by molar-refractivity contribution is 7.10. The van der Waals surface area contributed by atoms with Gasteiger partial charge in [0.25, 0.3) is 0 Å². The number of aliphatic carboxylic acids is 1. The molecule has 2 N–H and O–H groups in total. The normalized spacial score (nSPS) is 12.1. The van der Waals surface area contributed by atoms with E-state index in [1.165, 1.54) is 0 Å². The van der Waals surface area contributed by atoms with Crippen LogP contribution >= 0.6 is 11.3 Å². The number of rotatable bonds is 5. The molecule has 4 nitrogen and oxygen atoms in total. The van der Waals surface area contributed by atoms with E-state index in [1.807, 2.05) is 24.4 Å². The minimum atomic E-state index is -0.950. The summed E-state index contributed by atoms with van der Waals surface area (Å²) in [5.74, 6) is -1.17. The Balaban J connectivity index is 2.35. The van der Waals surface area contributed by atoms with E-state index in [2.05, 4.69) is 5.32 Å². The van der Waals surface area contributed by atoms with Crippen molar-refractivity contribution in [2.45, 2.75) is 25.8 Å². The molecule has 1 aromatic heterocycles. The van der Waals surface area contributed by atoms with Gasteiger partial charge in [-0.05, 0) is 18.4 Å². The molecule has 0 fully saturated rings. The van der Waals surface area contributed by atoms with Crippen LogP contribution in [-0.2, 0) is 9.59 Å². The van der Waals surface area contributed by atoms with Crippen LogP contribution in [0.15, 0.2) is 17.5 Å². The minimum Gasteiger partial charge on any atom is -0.481 e. The molecule has 1 atom stereocenters. The van der Waals surface area contributed by atoms with Gasteiger partial charge in [0.1, 0.15) is 0 Å². The first-order valence-corrected chi connectivity index (χ1v) is 5.52. The largest absolute Gasteiger partial charge is 0.481 e. The third-order valence-electron chi connectivity index (χ3n) is 1.91. The summed E-state index contributed by atoms with van der Waals surface area (Å²) in [6, 6.07) is 3.80. The molecule has 0 spiro atoms. The first-order chi connectivity index (χ1) is 7.09. The van der Waals surface area contributed by atoms with E-state index < -0.39 is 5.97 Å². The van der Waals surface area contributed by atoms with Gasteiger partial charge in [0, 0.05) is 11.3 Å². The first kappa shape index (κ1) is 11.7. The van der Waals surface area contributed by atoms with Gasteiger partial charge in [-0.3, -0.25) is 9.59 Å². The van der Waals surface area contributed by atoms with E-state index in [0.717, 1.165) is 4.88 Å². The number of hydrogen-bond donors (Lipinski definition) is 2. The fraction of sp³-hybridized carbons (Fsp3) is 0.400. The molecule has 5 heteroatoms. The van der Waals surface area contributed by atoms with Gasteiger partial charge in [0.05, 0.1) is 12.5 Å². The van der Waals surface area contributed by atoms with Crippen molar-refractivity contribution in [1.82, 2.24) is 5.32 Å². The third-order valence-corrected chi connectivity index (χ3v) is 2.97. The average molecular weight is 227 g/mol. The van der Waals surface area contributed by atoms with Crippen LogP contribution in [0.5, 0.6) is 0 Å². The van der Waals surface area contributed by atoms with Crippen molar-refractivity contribution < 1.29 is 14.7 Å². The molecule has 0 bridgehead atoms. The SMILES string of the molecule is C[C@H](NC(=O)CCC(=O)O)c1cccs1. The van der Waals surface area contributed by atoms with Crippen LogP contribution in [0.1, 0.15) is 30.7 Å². The molecule has 15 heavy (non-hydrogen) atoms. The predicted octanol–water partition coefficient (Wildman–Crippen LogP) is 1.79. The summed E-state index contributed by atoms with van der Waals surface area (Å²) in [5, 5.41) is 13.1. The quantitative estimate of drug-likeness (QED) is 0.806. The maximum absolute atomic E-state index is 11.3. The first-order valence-electron chi connectivity index (χ1n) is 4.64. The highest BCUT2D eigenvalue weighted by atomic mass is 32.1. The summed E-state index contributed by atoms with van der Waals surface area (Å²) >= 11 is 1.57. The second kappa shape index (κ2) is 5.50. The Bertz CT molecular complexity index is 334. The van der Waals surface area contributed by atoms with Gasteiger partial charge >= 0.3 is 5.97 Å². The lowest BCUT2D eigenvalue weighted by Crippen LogP contribution is -2.26. The molecule has 0 radical (unpaired) electrons. The molecule has 0 saturated carbocycles. The predicted molar refractivity (Wildman–Crippen MR) is 57.7 cm³/mol. The Labute approximate surface area is 91.9 Å². The Hall–Kier alpha value is -1.36. The van der Waals surface area contributed by atoms with Crippen molar-refractivity contribution in [3.05, 3.63) is 22.4 Å². The van der Waals surface area contributed by atoms with Gasteiger partial charge in [0.15, 0.2) is 0 Å². The molecule has 0 saturated heterocycles. The molecule has 0 aromatic carbocycles. The minimum absolute atomic E-state index is 0.0328. The van der Waals surface area contributed by atoms with Crippen LogP contribution < -0.4 is 5.32 Å². The van der Waals surface area contributed by atoms with E-state index in [4.69, 9.17) is 5.11 Å². The van der Waals surface area contributed by atoms with Crippen LogP contribution in [-0.4, -0.2) is 17.0 Å². The van der Waals surface area contributed by atoms with Gasteiger partial charge < -0.3 is 10.4 Å². The van der Waals surface area contributed by atoms with Crippen molar-refractivity contribution in [3.63, 3.8) is 0 Å². The second-order valence-corrected chi connectivity index (χ2v) is 4.18. The van der Waals surface area contributed by atoms with E-state index in [1.54, 1.807) is 11.3 Å². The molecule has 0 aliphatic carbocycles. The second-order valence-electron chi connectivity index (χ2n) is 3.20. The van der Waals surface area contributed by atoms with Gasteiger partial charge in [-0.1, -0.05) is 6.07 Å². The summed E-state index contributed by atoms with van der Waals surface area (Å²) < 4.78 is 0. The zero-order chi connectivity index (χ0) is 11.3. The number of carbonyl (C=O) groups is 2. The number of carboxylic acids is 1. The van der Waals surface area contributed by atoms with Gasteiger partial charge in [-0.25, -0.2) is 0 Å². The van der Waals surface area contributed by atoms with E-state index in [9.17, 15) is 9.59 Å². The number of carboxylic acid groups (broad SMARTS) is 1. The fourth-order valence-corrected chi connectivity index (χ4v) is 1.88. The van der Waals surface area contributed by atoms with Crippen molar-refractivity contribution in [2.75, 3.05) is 0 Å². The number of nitrogens with one attached hydrogen (secondary N) is 1. The Kier molecular flexibility index (Phi) is 4.30. The summed E-state index contributed by atoms with van der Waals surface area (Å²) in [6.45, 7) is 1.88. The zero-order valence-electron chi connectivity index (χ0n) is 8.40. The maximum atomic E-state index is 11.3. The van der Waals surface area contributed by atoms with Crippen molar-refractivity contribution in [3.8, 4) is 0 Å². The molecule has 1 rings (SSSR count). The topological polar surface area (TPSA) is 66.4 Å². The number of carbonyl (C=O) groups excluding carboxylic acids is 1. The van der Waals surface area contributed by atoms with Crippen molar-refractivity contribution in [2.24, 2.45) is 0 Å². The summed E-state index contributed by atoms with van der Waals surface area (Å²) in [7, 11) is 0. The van der Waals surface area contributed by atoms with Crippen LogP contribution in [0.25, 0.3) is 0 Å². The van der Waals surface area contributed by atoms with E-state index in [-0.39, 0.29) is 24.8 Å². The van der Waals surface area contributed by atoms with Crippen LogP contribution in [0, 0.1) is 0 Å². The summed E-state index contributed by atoms with van der Waals surface area (Å²) in [5.41, 5.74) is 0. The van der Waals surface area contributed by atoms with Crippen molar-refractivity contribution in [1.29, 1.82) is 0 Å². The summed E-state index contributed by atoms with van der Waals surface area (Å²) in [6.07, 6.45) is -0.0892.